The predicted octanol–water partition coefficient (Wildman–Crippen LogP) is 3.90. The number of carbonyl (C=O) groups is 2. The highest BCUT2D eigenvalue weighted by atomic mass is 19.1. The Morgan fingerprint density at radius 1 is 1.20 bits per heavy atom. The zero-order chi connectivity index (χ0) is 21.9. The number of benzene rings is 1. The second-order valence-corrected chi connectivity index (χ2v) is 8.75. The van der Waals surface area contributed by atoms with E-state index in [1.54, 1.807) is 19.1 Å². The van der Waals surface area contributed by atoms with E-state index in [1.807, 2.05) is 15.6 Å². The molecule has 0 atom stereocenters. The van der Waals surface area contributed by atoms with Crippen LogP contribution in [-0.4, -0.2) is 46.3 Å². The predicted molar refractivity (Wildman–Crippen MR) is 112 cm³/mol. The summed E-state index contributed by atoms with van der Waals surface area (Å²) >= 11 is 0. The molecule has 1 fully saturated rings. The first-order valence-corrected chi connectivity index (χ1v) is 10.5. The molecule has 0 spiro atoms. The maximum atomic E-state index is 13.4. The molecule has 1 amide bonds. The lowest BCUT2D eigenvalue weighted by Crippen LogP contribution is -2.40. The van der Waals surface area contributed by atoms with Crippen LogP contribution < -0.4 is 0 Å². The van der Waals surface area contributed by atoms with E-state index in [9.17, 15) is 14.0 Å². The minimum atomic E-state index is -0.413. The Bertz CT molecular complexity index is 909. The van der Waals surface area contributed by atoms with E-state index in [0.717, 1.165) is 18.5 Å². The first kappa shape index (κ1) is 22.0. The number of rotatable bonds is 5. The quantitative estimate of drug-likeness (QED) is 0.695. The number of likely N-dealkylation sites (tertiary alicyclic amines) is 1. The van der Waals surface area contributed by atoms with Gasteiger partial charge in [0.2, 0.25) is 5.91 Å². The molecule has 2 aromatic rings. The topological polar surface area (TPSA) is 64.4 Å². The fraction of sp³-hybridized carbons (Fsp3) is 0.522. The molecule has 1 aromatic carbocycles. The molecule has 1 aromatic heterocycles. The summed E-state index contributed by atoms with van der Waals surface area (Å²) < 4.78 is 20.4. The van der Waals surface area contributed by atoms with Crippen molar-refractivity contribution in [3.63, 3.8) is 0 Å². The highest BCUT2D eigenvalue weighted by molar-refractivity contribution is 5.87. The van der Waals surface area contributed by atoms with Gasteiger partial charge in [0.05, 0.1) is 19.1 Å². The van der Waals surface area contributed by atoms with Gasteiger partial charge in [0.1, 0.15) is 5.82 Å². The van der Waals surface area contributed by atoms with Crippen LogP contribution in [0.1, 0.15) is 68.3 Å². The summed E-state index contributed by atoms with van der Waals surface area (Å²) in [5, 5.41) is 4.56. The van der Waals surface area contributed by atoms with Crippen molar-refractivity contribution in [2.45, 2.75) is 58.4 Å². The molecule has 7 heteroatoms. The van der Waals surface area contributed by atoms with Crippen molar-refractivity contribution in [3.8, 4) is 0 Å². The minimum absolute atomic E-state index is 0.00257. The van der Waals surface area contributed by atoms with Crippen molar-refractivity contribution >= 4 is 11.9 Å². The van der Waals surface area contributed by atoms with Crippen molar-refractivity contribution < 1.29 is 18.7 Å². The van der Waals surface area contributed by atoms with Gasteiger partial charge in [-0.3, -0.25) is 9.48 Å². The zero-order valence-corrected chi connectivity index (χ0v) is 18.2. The van der Waals surface area contributed by atoms with Gasteiger partial charge in [0, 0.05) is 24.2 Å². The average molecular weight is 416 g/mol. The van der Waals surface area contributed by atoms with Crippen LogP contribution in [0, 0.1) is 5.82 Å². The fourth-order valence-corrected chi connectivity index (χ4v) is 3.83. The van der Waals surface area contributed by atoms with Crippen LogP contribution in [0.2, 0.25) is 0 Å². The van der Waals surface area contributed by atoms with Gasteiger partial charge in [0.15, 0.2) is 5.69 Å². The molecule has 1 aliphatic rings. The Morgan fingerprint density at radius 2 is 1.90 bits per heavy atom. The van der Waals surface area contributed by atoms with Gasteiger partial charge in [-0.15, -0.1) is 0 Å². The Balaban J connectivity index is 1.69. The number of hydrogen-bond donors (Lipinski definition) is 0. The number of halogens is 1. The molecule has 0 N–H and O–H groups in total. The molecule has 6 nitrogen and oxygen atoms in total. The molecule has 3 rings (SSSR count). The number of amides is 1. The maximum Gasteiger partial charge on any atom is 0.358 e. The van der Waals surface area contributed by atoms with Crippen LogP contribution in [-0.2, 0) is 21.4 Å². The molecule has 30 heavy (non-hydrogen) atoms. The monoisotopic (exact) mass is 415 g/mol. The fourth-order valence-electron chi connectivity index (χ4n) is 3.83. The van der Waals surface area contributed by atoms with Crippen LogP contribution in [0.15, 0.2) is 30.3 Å². The van der Waals surface area contributed by atoms with E-state index in [0.29, 0.717) is 31.0 Å². The highest BCUT2D eigenvalue weighted by Gasteiger charge is 2.30. The van der Waals surface area contributed by atoms with Gasteiger partial charge in [-0.05, 0) is 43.5 Å². The maximum absolute atomic E-state index is 13.4. The number of carbonyl (C=O) groups excluding carboxylic acids is 2. The van der Waals surface area contributed by atoms with Crippen molar-refractivity contribution in [2.24, 2.45) is 0 Å². The Labute approximate surface area is 177 Å². The number of esters is 1. The summed E-state index contributed by atoms with van der Waals surface area (Å²) in [5.74, 6) is -0.739. The van der Waals surface area contributed by atoms with Crippen LogP contribution in [0.25, 0.3) is 0 Å². The van der Waals surface area contributed by atoms with Crippen LogP contribution in [0.5, 0.6) is 0 Å². The third-order valence-corrected chi connectivity index (χ3v) is 5.40. The summed E-state index contributed by atoms with van der Waals surface area (Å²) in [6.07, 6.45) is 1.70. The lowest BCUT2D eigenvalue weighted by molar-refractivity contribution is -0.131. The van der Waals surface area contributed by atoms with E-state index in [2.05, 4.69) is 25.9 Å². The standard InChI is InChI=1S/C23H30FN3O3/c1-5-30-22(29)19-15-20(23(2,3)4)27(25-19)18-9-11-26(12-10-18)21(28)14-16-7-6-8-17(24)13-16/h6-8,13,15,18H,5,9-12,14H2,1-4H3. The first-order chi connectivity index (χ1) is 14.2. The third-order valence-electron chi connectivity index (χ3n) is 5.40. The molecule has 1 saturated heterocycles. The van der Waals surface area contributed by atoms with E-state index >= 15 is 0 Å². The summed E-state index contributed by atoms with van der Waals surface area (Å²) in [7, 11) is 0. The largest absolute Gasteiger partial charge is 0.461 e. The molecular formula is C23H30FN3O3. The molecule has 0 aliphatic carbocycles. The van der Waals surface area contributed by atoms with Crippen molar-refractivity contribution in [2.75, 3.05) is 19.7 Å². The molecule has 0 radical (unpaired) electrons. The van der Waals surface area contributed by atoms with E-state index in [4.69, 9.17) is 4.74 Å². The Kier molecular flexibility index (Phi) is 6.58. The first-order valence-electron chi connectivity index (χ1n) is 10.5. The summed E-state index contributed by atoms with van der Waals surface area (Å²) in [6, 6.07) is 8.10. The highest BCUT2D eigenvalue weighted by Crippen LogP contribution is 2.31. The van der Waals surface area contributed by atoms with Gasteiger partial charge in [-0.1, -0.05) is 32.9 Å². The van der Waals surface area contributed by atoms with Crippen LogP contribution >= 0.6 is 0 Å². The lowest BCUT2D eigenvalue weighted by atomic mass is 9.91. The molecule has 0 unspecified atom stereocenters. The van der Waals surface area contributed by atoms with Gasteiger partial charge >= 0.3 is 5.97 Å². The van der Waals surface area contributed by atoms with E-state index in [1.165, 1.54) is 12.1 Å². The number of ether oxygens (including phenoxy) is 1. The normalized spacial score (nSPS) is 15.3. The SMILES string of the molecule is CCOC(=O)c1cc(C(C)(C)C)n(C2CCN(C(=O)Cc3cccc(F)c3)CC2)n1. The molecule has 1 aliphatic heterocycles. The van der Waals surface area contributed by atoms with Gasteiger partial charge in [-0.25, -0.2) is 9.18 Å². The van der Waals surface area contributed by atoms with Gasteiger partial charge in [-0.2, -0.15) is 5.10 Å². The Morgan fingerprint density at radius 3 is 2.50 bits per heavy atom. The van der Waals surface area contributed by atoms with Crippen molar-refractivity contribution in [3.05, 3.63) is 53.1 Å². The van der Waals surface area contributed by atoms with E-state index < -0.39 is 5.97 Å². The van der Waals surface area contributed by atoms with Gasteiger partial charge < -0.3 is 9.64 Å². The van der Waals surface area contributed by atoms with E-state index in [-0.39, 0.29) is 29.6 Å². The van der Waals surface area contributed by atoms with Crippen LogP contribution in [0.4, 0.5) is 4.39 Å². The number of nitrogens with zero attached hydrogens (tertiary/aromatic N) is 3. The smallest absolute Gasteiger partial charge is 0.358 e. The molecule has 2 heterocycles. The lowest BCUT2D eigenvalue weighted by Gasteiger charge is -2.34. The van der Waals surface area contributed by atoms with Crippen LogP contribution in [0.3, 0.4) is 0 Å². The molecule has 162 valence electrons. The van der Waals surface area contributed by atoms with Gasteiger partial charge in [0.25, 0.3) is 0 Å². The summed E-state index contributed by atoms with van der Waals surface area (Å²) in [6.45, 7) is 9.57. The second kappa shape index (κ2) is 8.98. The molecular weight excluding hydrogens is 385 g/mol. The van der Waals surface area contributed by atoms with Crippen molar-refractivity contribution in [1.82, 2.24) is 14.7 Å². The minimum Gasteiger partial charge on any atom is -0.461 e. The Hall–Kier alpha value is -2.70. The second-order valence-electron chi connectivity index (χ2n) is 8.75. The number of piperidine rings is 1. The molecule has 0 saturated carbocycles. The third kappa shape index (κ3) is 5.07. The number of hydrogen-bond acceptors (Lipinski definition) is 4. The molecule has 0 bridgehead atoms. The zero-order valence-electron chi connectivity index (χ0n) is 18.2. The number of aromatic nitrogens is 2. The summed E-state index contributed by atoms with van der Waals surface area (Å²) in [5.41, 5.74) is 1.81. The van der Waals surface area contributed by atoms with Crippen molar-refractivity contribution in [1.29, 1.82) is 0 Å². The summed E-state index contributed by atoms with van der Waals surface area (Å²) in [4.78, 5) is 26.6. The average Bonchev–Trinajstić information content (AvgIpc) is 3.14.